The Balaban J connectivity index is 1.95. The van der Waals surface area contributed by atoms with Crippen LogP contribution in [0, 0.1) is 6.92 Å². The number of imidazole rings is 1. The van der Waals surface area contributed by atoms with E-state index in [9.17, 15) is 0 Å². The molecule has 3 aromatic heterocycles. The third-order valence-corrected chi connectivity index (χ3v) is 4.97. The Hall–Kier alpha value is -2.90. The van der Waals surface area contributed by atoms with Crippen LogP contribution in [-0.2, 0) is 0 Å². The first kappa shape index (κ1) is 18.5. The molecule has 0 unspecified atom stereocenters. The Kier molecular flexibility index (Phi) is 4.56. The van der Waals surface area contributed by atoms with Crippen molar-refractivity contribution >= 4 is 46.0 Å². The molecule has 28 heavy (non-hydrogen) atoms. The lowest BCUT2D eigenvalue weighted by Crippen LogP contribution is -2.15. The van der Waals surface area contributed by atoms with Gasteiger partial charge in [-0.2, -0.15) is 4.98 Å². The summed E-state index contributed by atoms with van der Waals surface area (Å²) in [7, 11) is 3.72. The van der Waals surface area contributed by atoms with E-state index >= 15 is 0 Å². The summed E-state index contributed by atoms with van der Waals surface area (Å²) in [6, 6.07) is 7.16. The Morgan fingerprint density at radius 1 is 1.00 bits per heavy atom. The summed E-state index contributed by atoms with van der Waals surface area (Å²) in [5.41, 5.74) is 10.3. The van der Waals surface area contributed by atoms with Gasteiger partial charge in [0, 0.05) is 20.3 Å². The van der Waals surface area contributed by atoms with Crippen LogP contribution in [0.5, 0.6) is 0 Å². The molecule has 0 bridgehead atoms. The molecule has 0 aliphatic rings. The van der Waals surface area contributed by atoms with Gasteiger partial charge in [0.25, 0.3) is 0 Å². The standard InChI is InChI=1S/C19H17Cl2N7/c1-9-13(17(22)27-19(24-9)28(2)3)16-15-12(7-8-23-16)25-18(26-15)14-10(20)5-4-6-11(14)21/h4-8H,1-3H3,(H,25,26)(H2,22,24,27). The van der Waals surface area contributed by atoms with E-state index in [0.29, 0.717) is 50.0 Å². The predicted octanol–water partition coefficient (Wildman–Crippen LogP) is 4.35. The molecule has 0 fully saturated rings. The van der Waals surface area contributed by atoms with Crippen molar-refractivity contribution in [1.29, 1.82) is 0 Å². The fourth-order valence-corrected chi connectivity index (χ4v) is 3.61. The van der Waals surface area contributed by atoms with Crippen molar-refractivity contribution in [2.24, 2.45) is 0 Å². The number of aromatic nitrogens is 5. The molecule has 0 saturated heterocycles. The minimum Gasteiger partial charge on any atom is -0.383 e. The molecule has 0 aliphatic carbocycles. The molecule has 1 aromatic carbocycles. The second-order valence-corrected chi connectivity index (χ2v) is 7.32. The van der Waals surface area contributed by atoms with E-state index in [1.165, 1.54) is 0 Å². The van der Waals surface area contributed by atoms with Crippen LogP contribution < -0.4 is 10.6 Å². The third kappa shape index (κ3) is 3.02. The van der Waals surface area contributed by atoms with E-state index in [-0.39, 0.29) is 0 Å². The molecule has 0 saturated carbocycles. The summed E-state index contributed by atoms with van der Waals surface area (Å²) >= 11 is 12.7. The average Bonchev–Trinajstić information content (AvgIpc) is 3.05. The number of hydrogen-bond donors (Lipinski definition) is 2. The number of H-pyrrole nitrogens is 1. The predicted molar refractivity (Wildman–Crippen MR) is 114 cm³/mol. The Morgan fingerprint density at radius 3 is 2.36 bits per heavy atom. The highest BCUT2D eigenvalue weighted by Gasteiger charge is 2.20. The Labute approximate surface area is 171 Å². The molecule has 0 radical (unpaired) electrons. The maximum absolute atomic E-state index is 6.34. The topological polar surface area (TPSA) is 96.6 Å². The number of aromatic amines is 1. The first-order chi connectivity index (χ1) is 13.4. The molecule has 0 aliphatic heterocycles. The lowest BCUT2D eigenvalue weighted by Gasteiger charge is -2.14. The molecule has 0 spiro atoms. The lowest BCUT2D eigenvalue weighted by atomic mass is 10.1. The minimum atomic E-state index is 0.344. The molecule has 9 heteroatoms. The van der Waals surface area contributed by atoms with Gasteiger partial charge in [-0.15, -0.1) is 0 Å². The van der Waals surface area contributed by atoms with Crippen LogP contribution in [0.3, 0.4) is 0 Å². The van der Waals surface area contributed by atoms with Crippen molar-refractivity contribution in [3.05, 3.63) is 46.2 Å². The second kappa shape index (κ2) is 6.92. The fraction of sp³-hybridized carbons (Fsp3) is 0.158. The van der Waals surface area contributed by atoms with Gasteiger partial charge in [0.05, 0.1) is 32.4 Å². The monoisotopic (exact) mass is 413 g/mol. The number of pyridine rings is 1. The number of hydrogen-bond acceptors (Lipinski definition) is 6. The zero-order valence-electron chi connectivity index (χ0n) is 15.5. The largest absolute Gasteiger partial charge is 0.383 e. The van der Waals surface area contributed by atoms with Crippen LogP contribution in [-0.4, -0.2) is 39.0 Å². The van der Waals surface area contributed by atoms with Crippen molar-refractivity contribution in [3.63, 3.8) is 0 Å². The van der Waals surface area contributed by atoms with E-state index in [0.717, 1.165) is 11.2 Å². The van der Waals surface area contributed by atoms with Crippen molar-refractivity contribution in [2.75, 3.05) is 24.7 Å². The first-order valence-corrected chi connectivity index (χ1v) is 9.23. The van der Waals surface area contributed by atoms with E-state index in [1.54, 1.807) is 29.3 Å². The van der Waals surface area contributed by atoms with Gasteiger partial charge in [-0.05, 0) is 25.1 Å². The van der Waals surface area contributed by atoms with Gasteiger partial charge in [-0.25, -0.2) is 9.97 Å². The summed E-state index contributed by atoms with van der Waals surface area (Å²) in [5, 5.41) is 1.02. The zero-order valence-corrected chi connectivity index (χ0v) is 17.0. The normalized spacial score (nSPS) is 11.2. The number of anilines is 2. The number of nitrogens with zero attached hydrogens (tertiary/aromatic N) is 5. The first-order valence-electron chi connectivity index (χ1n) is 8.47. The van der Waals surface area contributed by atoms with E-state index < -0.39 is 0 Å². The Morgan fingerprint density at radius 2 is 1.71 bits per heavy atom. The van der Waals surface area contributed by atoms with E-state index in [1.807, 2.05) is 27.1 Å². The van der Waals surface area contributed by atoms with Gasteiger partial charge in [0.1, 0.15) is 22.9 Å². The molecule has 7 nitrogen and oxygen atoms in total. The van der Waals surface area contributed by atoms with Crippen LogP contribution in [0.4, 0.5) is 11.8 Å². The van der Waals surface area contributed by atoms with Crippen molar-refractivity contribution < 1.29 is 0 Å². The number of rotatable bonds is 3. The Bertz CT molecular complexity index is 1160. The van der Waals surface area contributed by atoms with E-state index in [4.69, 9.17) is 33.9 Å². The highest BCUT2D eigenvalue weighted by Crippen LogP contribution is 2.36. The second-order valence-electron chi connectivity index (χ2n) is 6.50. The summed E-state index contributed by atoms with van der Waals surface area (Å²) in [6.45, 7) is 1.87. The van der Waals surface area contributed by atoms with E-state index in [2.05, 4.69) is 19.9 Å². The zero-order chi connectivity index (χ0) is 20.0. The molecule has 3 heterocycles. The number of aryl methyl sites for hydroxylation is 1. The minimum absolute atomic E-state index is 0.344. The molecule has 3 N–H and O–H groups in total. The summed E-state index contributed by atoms with van der Waals surface area (Å²) in [5.74, 6) is 1.44. The van der Waals surface area contributed by atoms with Crippen molar-refractivity contribution in [3.8, 4) is 22.6 Å². The highest BCUT2D eigenvalue weighted by atomic mass is 35.5. The maximum Gasteiger partial charge on any atom is 0.227 e. The molecule has 4 rings (SSSR count). The number of benzene rings is 1. The van der Waals surface area contributed by atoms with Crippen LogP contribution in [0.2, 0.25) is 10.0 Å². The summed E-state index contributed by atoms with van der Waals surface area (Å²) < 4.78 is 0. The van der Waals surface area contributed by atoms with Gasteiger partial charge in [-0.3, -0.25) is 4.98 Å². The smallest absolute Gasteiger partial charge is 0.227 e. The molecule has 0 amide bonds. The quantitative estimate of drug-likeness (QED) is 0.518. The summed E-state index contributed by atoms with van der Waals surface area (Å²) in [4.78, 5) is 23.2. The number of nitrogens with one attached hydrogen (secondary N) is 1. The van der Waals surface area contributed by atoms with Crippen LogP contribution in [0.25, 0.3) is 33.7 Å². The number of nitrogens with two attached hydrogens (primary N) is 1. The SMILES string of the molecule is Cc1nc(N(C)C)nc(N)c1-c1nccc2[nH]c(-c3c(Cl)cccc3Cl)nc12. The maximum atomic E-state index is 6.34. The highest BCUT2D eigenvalue weighted by molar-refractivity contribution is 6.39. The van der Waals surface area contributed by atoms with Crippen molar-refractivity contribution in [2.45, 2.75) is 6.92 Å². The number of halogens is 2. The molecular weight excluding hydrogens is 397 g/mol. The van der Waals surface area contributed by atoms with Gasteiger partial charge in [-0.1, -0.05) is 29.3 Å². The summed E-state index contributed by atoms with van der Waals surface area (Å²) in [6.07, 6.45) is 1.69. The number of nitrogen functional groups attached to an aromatic ring is 1. The van der Waals surface area contributed by atoms with Crippen molar-refractivity contribution in [1.82, 2.24) is 24.9 Å². The van der Waals surface area contributed by atoms with Crippen LogP contribution in [0.1, 0.15) is 5.69 Å². The molecule has 142 valence electrons. The number of fused-ring (bicyclic) bond motifs is 1. The van der Waals surface area contributed by atoms with Gasteiger partial charge in [0.15, 0.2) is 0 Å². The van der Waals surface area contributed by atoms with Gasteiger partial charge < -0.3 is 15.6 Å². The molecule has 0 atom stereocenters. The van der Waals surface area contributed by atoms with Gasteiger partial charge >= 0.3 is 0 Å². The van der Waals surface area contributed by atoms with Crippen LogP contribution >= 0.6 is 23.2 Å². The molecular formula is C19H17Cl2N7. The van der Waals surface area contributed by atoms with Gasteiger partial charge in [0.2, 0.25) is 5.95 Å². The third-order valence-electron chi connectivity index (χ3n) is 4.34. The van der Waals surface area contributed by atoms with Crippen LogP contribution in [0.15, 0.2) is 30.5 Å². The average molecular weight is 414 g/mol. The lowest BCUT2D eigenvalue weighted by molar-refractivity contribution is 0.982. The molecule has 4 aromatic rings. The fourth-order valence-electron chi connectivity index (χ4n) is 3.03.